The Morgan fingerprint density at radius 3 is 2.52 bits per heavy atom. The minimum absolute atomic E-state index is 0.135. The van der Waals surface area contributed by atoms with Gasteiger partial charge in [-0.1, -0.05) is 18.2 Å². The van der Waals surface area contributed by atoms with E-state index in [0.717, 1.165) is 16.5 Å². The zero-order valence-corrected chi connectivity index (χ0v) is 12.2. The first-order valence-corrected chi connectivity index (χ1v) is 7.82. The number of benzene rings is 2. The van der Waals surface area contributed by atoms with E-state index in [1.165, 1.54) is 12.1 Å². The third-order valence-electron chi connectivity index (χ3n) is 3.17. The van der Waals surface area contributed by atoms with Crippen molar-refractivity contribution in [2.24, 2.45) is 0 Å². The molecule has 0 saturated carbocycles. The maximum absolute atomic E-state index is 12.2. The Hall–Kier alpha value is -2.40. The van der Waals surface area contributed by atoms with Crippen LogP contribution in [-0.2, 0) is 10.1 Å². The topological polar surface area (TPSA) is 56.3 Å². The predicted octanol–water partition coefficient (Wildman–Crippen LogP) is 3.31. The molecule has 1 heterocycles. The van der Waals surface area contributed by atoms with Crippen molar-refractivity contribution >= 4 is 20.9 Å². The second-order valence-electron chi connectivity index (χ2n) is 4.63. The lowest BCUT2D eigenvalue weighted by Gasteiger charge is -2.08. The van der Waals surface area contributed by atoms with E-state index in [2.05, 4.69) is 4.98 Å². The van der Waals surface area contributed by atoms with E-state index in [-0.39, 0.29) is 10.6 Å². The standard InChI is InChI=1S/C16H13NO3S/c1-12-16-8-7-14(11-13(16)9-10-17-12)20-21(18,19)15-5-3-2-4-6-15/h2-11H,1H3. The second-order valence-corrected chi connectivity index (χ2v) is 6.18. The highest BCUT2D eigenvalue weighted by Crippen LogP contribution is 2.24. The Bertz CT molecular complexity index is 890. The van der Waals surface area contributed by atoms with E-state index in [1.807, 2.05) is 19.1 Å². The van der Waals surface area contributed by atoms with E-state index in [1.54, 1.807) is 36.5 Å². The number of aryl methyl sites for hydroxylation is 1. The van der Waals surface area contributed by atoms with E-state index in [9.17, 15) is 8.42 Å². The fourth-order valence-electron chi connectivity index (χ4n) is 2.12. The van der Waals surface area contributed by atoms with Gasteiger partial charge in [-0.05, 0) is 48.7 Å². The highest BCUT2D eigenvalue weighted by molar-refractivity contribution is 7.87. The summed E-state index contributed by atoms with van der Waals surface area (Å²) in [6, 6.07) is 15.1. The quantitative estimate of drug-likeness (QED) is 0.696. The molecule has 4 nitrogen and oxygen atoms in total. The van der Waals surface area contributed by atoms with Crippen molar-refractivity contribution in [2.75, 3.05) is 0 Å². The molecule has 0 bridgehead atoms. The first-order valence-electron chi connectivity index (χ1n) is 6.41. The average Bonchev–Trinajstić information content (AvgIpc) is 2.48. The van der Waals surface area contributed by atoms with Gasteiger partial charge in [0, 0.05) is 17.3 Å². The van der Waals surface area contributed by atoms with Crippen LogP contribution in [0.4, 0.5) is 0 Å². The highest BCUT2D eigenvalue weighted by Gasteiger charge is 2.16. The molecule has 0 aliphatic rings. The highest BCUT2D eigenvalue weighted by atomic mass is 32.2. The zero-order valence-electron chi connectivity index (χ0n) is 11.4. The minimum atomic E-state index is -3.81. The summed E-state index contributed by atoms with van der Waals surface area (Å²) >= 11 is 0. The lowest BCUT2D eigenvalue weighted by molar-refractivity contribution is 0.486. The van der Waals surface area contributed by atoms with Gasteiger partial charge in [-0.15, -0.1) is 0 Å². The van der Waals surface area contributed by atoms with Crippen LogP contribution in [0.25, 0.3) is 10.8 Å². The van der Waals surface area contributed by atoms with Crippen LogP contribution in [0.2, 0.25) is 0 Å². The third kappa shape index (κ3) is 2.73. The molecule has 3 aromatic rings. The van der Waals surface area contributed by atoms with Crippen LogP contribution in [0.1, 0.15) is 5.69 Å². The summed E-state index contributed by atoms with van der Waals surface area (Å²) in [5.41, 5.74) is 0.893. The second kappa shape index (κ2) is 5.18. The number of nitrogens with zero attached hydrogens (tertiary/aromatic N) is 1. The summed E-state index contributed by atoms with van der Waals surface area (Å²) in [6.45, 7) is 1.91. The SMILES string of the molecule is Cc1nccc2cc(OS(=O)(=O)c3ccccc3)ccc12. The van der Waals surface area contributed by atoms with Crippen molar-refractivity contribution in [2.45, 2.75) is 11.8 Å². The number of rotatable bonds is 3. The largest absolute Gasteiger partial charge is 0.379 e. The van der Waals surface area contributed by atoms with Gasteiger partial charge in [-0.3, -0.25) is 4.98 Å². The van der Waals surface area contributed by atoms with Crippen LogP contribution in [0.15, 0.2) is 65.7 Å². The van der Waals surface area contributed by atoms with Gasteiger partial charge in [0.1, 0.15) is 10.6 Å². The molecule has 0 aliphatic heterocycles. The van der Waals surface area contributed by atoms with Crippen LogP contribution in [0, 0.1) is 6.92 Å². The maximum atomic E-state index is 12.2. The van der Waals surface area contributed by atoms with Crippen molar-refractivity contribution in [1.82, 2.24) is 4.98 Å². The van der Waals surface area contributed by atoms with Crippen molar-refractivity contribution in [1.29, 1.82) is 0 Å². The maximum Gasteiger partial charge on any atom is 0.339 e. The third-order valence-corrected chi connectivity index (χ3v) is 4.43. The first kappa shape index (κ1) is 13.6. The van der Waals surface area contributed by atoms with Crippen LogP contribution in [0.5, 0.6) is 5.75 Å². The molecule has 0 N–H and O–H groups in total. The van der Waals surface area contributed by atoms with Gasteiger partial charge in [-0.25, -0.2) is 0 Å². The molecule has 0 aliphatic carbocycles. The average molecular weight is 299 g/mol. The summed E-state index contributed by atoms with van der Waals surface area (Å²) in [4.78, 5) is 4.34. The summed E-state index contributed by atoms with van der Waals surface area (Å²) < 4.78 is 29.5. The van der Waals surface area contributed by atoms with Crippen LogP contribution < -0.4 is 4.18 Å². The Balaban J connectivity index is 1.99. The number of aromatic nitrogens is 1. The Morgan fingerprint density at radius 1 is 1.00 bits per heavy atom. The first-order chi connectivity index (χ1) is 10.1. The molecule has 2 aromatic carbocycles. The molecule has 3 rings (SSSR count). The van der Waals surface area contributed by atoms with Gasteiger partial charge in [0.05, 0.1) is 0 Å². The van der Waals surface area contributed by atoms with Gasteiger partial charge < -0.3 is 4.18 Å². The molecule has 0 radical (unpaired) electrons. The van der Waals surface area contributed by atoms with E-state index in [4.69, 9.17) is 4.18 Å². The summed E-state index contributed by atoms with van der Waals surface area (Å²) in [7, 11) is -3.81. The van der Waals surface area contributed by atoms with Crippen LogP contribution in [-0.4, -0.2) is 13.4 Å². The lowest BCUT2D eigenvalue weighted by Crippen LogP contribution is -2.09. The van der Waals surface area contributed by atoms with Crippen LogP contribution in [0.3, 0.4) is 0 Å². The predicted molar refractivity (Wildman–Crippen MR) is 80.7 cm³/mol. The fourth-order valence-corrected chi connectivity index (χ4v) is 3.06. The molecule has 1 aromatic heterocycles. The number of hydrogen-bond acceptors (Lipinski definition) is 4. The van der Waals surface area contributed by atoms with Crippen molar-refractivity contribution in [3.8, 4) is 5.75 Å². The molecular formula is C16H13NO3S. The lowest BCUT2D eigenvalue weighted by atomic mass is 10.1. The molecule has 0 saturated heterocycles. The smallest absolute Gasteiger partial charge is 0.339 e. The molecule has 5 heteroatoms. The van der Waals surface area contributed by atoms with Crippen molar-refractivity contribution < 1.29 is 12.6 Å². The number of fused-ring (bicyclic) bond motifs is 1. The van der Waals surface area contributed by atoms with Gasteiger partial charge in [0.2, 0.25) is 0 Å². The zero-order chi connectivity index (χ0) is 14.9. The van der Waals surface area contributed by atoms with E-state index >= 15 is 0 Å². The number of pyridine rings is 1. The summed E-state index contributed by atoms with van der Waals surface area (Å²) in [5.74, 6) is 0.289. The molecule has 21 heavy (non-hydrogen) atoms. The fraction of sp³-hybridized carbons (Fsp3) is 0.0625. The number of hydrogen-bond donors (Lipinski definition) is 0. The van der Waals surface area contributed by atoms with Crippen LogP contribution >= 0.6 is 0 Å². The Labute approximate surface area is 123 Å². The Morgan fingerprint density at radius 2 is 1.76 bits per heavy atom. The molecule has 0 amide bonds. The van der Waals surface area contributed by atoms with Gasteiger partial charge in [0.15, 0.2) is 0 Å². The van der Waals surface area contributed by atoms with Gasteiger partial charge in [-0.2, -0.15) is 8.42 Å². The summed E-state index contributed by atoms with van der Waals surface area (Å²) in [5, 5.41) is 1.87. The minimum Gasteiger partial charge on any atom is -0.379 e. The molecular weight excluding hydrogens is 286 g/mol. The molecule has 0 fully saturated rings. The normalized spacial score (nSPS) is 11.5. The van der Waals surface area contributed by atoms with E-state index in [0.29, 0.717) is 0 Å². The molecule has 0 spiro atoms. The Kier molecular flexibility index (Phi) is 3.35. The summed E-state index contributed by atoms with van der Waals surface area (Å²) in [6.07, 6.45) is 1.69. The van der Waals surface area contributed by atoms with Crippen molar-refractivity contribution in [3.63, 3.8) is 0 Å². The van der Waals surface area contributed by atoms with Crippen molar-refractivity contribution in [3.05, 3.63) is 66.5 Å². The molecule has 0 atom stereocenters. The molecule has 106 valence electrons. The van der Waals surface area contributed by atoms with E-state index < -0.39 is 10.1 Å². The van der Waals surface area contributed by atoms with Gasteiger partial charge >= 0.3 is 10.1 Å². The monoisotopic (exact) mass is 299 g/mol. The van der Waals surface area contributed by atoms with Gasteiger partial charge in [0.25, 0.3) is 0 Å². The molecule has 0 unspecified atom stereocenters.